The number of carbonyl (C=O) groups is 1. The van der Waals surface area contributed by atoms with Crippen molar-refractivity contribution in [1.29, 1.82) is 0 Å². The van der Waals surface area contributed by atoms with Crippen molar-refractivity contribution in [3.05, 3.63) is 12.7 Å². The maximum Gasteiger partial charge on any atom is 0.330 e. The predicted octanol–water partition coefficient (Wildman–Crippen LogP) is 2.66. The molecule has 0 aromatic heterocycles. The highest BCUT2D eigenvalue weighted by atomic mass is 16.5. The van der Waals surface area contributed by atoms with Crippen molar-refractivity contribution < 1.29 is 9.53 Å². The van der Waals surface area contributed by atoms with Gasteiger partial charge < -0.3 is 10.1 Å². The molecule has 0 saturated heterocycles. The van der Waals surface area contributed by atoms with Crippen LogP contribution in [0.4, 0.5) is 0 Å². The molecule has 0 aromatic rings. The molecule has 0 amide bonds. The first-order chi connectivity index (χ1) is 7.74. The van der Waals surface area contributed by atoms with E-state index in [1.807, 2.05) is 0 Å². The van der Waals surface area contributed by atoms with Gasteiger partial charge in [-0.1, -0.05) is 39.7 Å². The second kappa shape index (κ2) is 10.7. The van der Waals surface area contributed by atoms with Crippen LogP contribution in [0, 0.1) is 0 Å². The lowest BCUT2D eigenvalue weighted by Crippen LogP contribution is -2.34. The third-order valence-electron chi connectivity index (χ3n) is 2.44. The zero-order valence-electron chi connectivity index (χ0n) is 10.6. The molecule has 0 radical (unpaired) electrons. The van der Waals surface area contributed by atoms with Gasteiger partial charge in [-0.05, 0) is 19.4 Å². The summed E-state index contributed by atoms with van der Waals surface area (Å²) in [5.74, 6) is -0.337. The number of unbranched alkanes of at least 4 members (excludes halogenated alkanes) is 2. The lowest BCUT2D eigenvalue weighted by molar-refractivity contribution is -0.138. The van der Waals surface area contributed by atoms with Gasteiger partial charge in [0.25, 0.3) is 0 Å². The average Bonchev–Trinajstić information content (AvgIpc) is 2.30. The molecule has 0 aliphatic carbocycles. The first kappa shape index (κ1) is 15.2. The van der Waals surface area contributed by atoms with Crippen molar-refractivity contribution in [3.63, 3.8) is 0 Å². The monoisotopic (exact) mass is 227 g/mol. The standard InChI is InChI=1S/C13H25NO2/c1-4-7-8-10-14-12(9-5-2)11-16-13(15)6-3/h6,12,14H,3-5,7-11H2,1-2H3. The molecule has 16 heavy (non-hydrogen) atoms. The van der Waals surface area contributed by atoms with Crippen molar-refractivity contribution in [3.8, 4) is 0 Å². The number of nitrogens with one attached hydrogen (secondary N) is 1. The highest BCUT2D eigenvalue weighted by Gasteiger charge is 2.08. The molecular weight excluding hydrogens is 202 g/mol. The molecule has 0 heterocycles. The van der Waals surface area contributed by atoms with Crippen molar-refractivity contribution in [2.45, 2.75) is 52.0 Å². The molecule has 0 fully saturated rings. The summed E-state index contributed by atoms with van der Waals surface area (Å²) in [4.78, 5) is 10.9. The van der Waals surface area contributed by atoms with Crippen molar-refractivity contribution in [2.75, 3.05) is 13.2 Å². The SMILES string of the molecule is C=CC(=O)OCC(CCC)NCCCCC. The number of esters is 1. The second-order valence-corrected chi connectivity index (χ2v) is 3.98. The molecule has 3 heteroatoms. The second-order valence-electron chi connectivity index (χ2n) is 3.98. The number of carbonyl (C=O) groups excluding carboxylic acids is 1. The van der Waals surface area contributed by atoms with Gasteiger partial charge in [-0.3, -0.25) is 0 Å². The van der Waals surface area contributed by atoms with Crippen molar-refractivity contribution in [1.82, 2.24) is 5.32 Å². The zero-order valence-corrected chi connectivity index (χ0v) is 10.6. The molecule has 0 rings (SSSR count). The van der Waals surface area contributed by atoms with Gasteiger partial charge in [0.05, 0.1) is 0 Å². The van der Waals surface area contributed by atoms with Gasteiger partial charge >= 0.3 is 5.97 Å². The van der Waals surface area contributed by atoms with E-state index in [0.717, 1.165) is 19.4 Å². The Hall–Kier alpha value is -0.830. The Balaban J connectivity index is 3.69. The average molecular weight is 227 g/mol. The number of hydrogen-bond donors (Lipinski definition) is 1. The third-order valence-corrected chi connectivity index (χ3v) is 2.44. The van der Waals surface area contributed by atoms with Gasteiger partial charge in [0.2, 0.25) is 0 Å². The van der Waals surface area contributed by atoms with Crippen molar-refractivity contribution >= 4 is 5.97 Å². The van der Waals surface area contributed by atoms with Gasteiger partial charge in [-0.2, -0.15) is 0 Å². The molecule has 0 aliphatic heterocycles. The largest absolute Gasteiger partial charge is 0.461 e. The summed E-state index contributed by atoms with van der Waals surface area (Å²) in [7, 11) is 0. The van der Waals surface area contributed by atoms with Crippen LogP contribution < -0.4 is 5.32 Å². The van der Waals surface area contributed by atoms with Crippen LogP contribution in [0.1, 0.15) is 46.0 Å². The Bertz CT molecular complexity index is 192. The van der Waals surface area contributed by atoms with E-state index >= 15 is 0 Å². The Labute approximate surface area is 99.3 Å². The minimum atomic E-state index is -0.337. The summed E-state index contributed by atoms with van der Waals surface area (Å²) in [6, 6.07) is 0.283. The Morgan fingerprint density at radius 2 is 2.12 bits per heavy atom. The van der Waals surface area contributed by atoms with E-state index in [1.165, 1.54) is 25.3 Å². The van der Waals surface area contributed by atoms with E-state index in [0.29, 0.717) is 6.61 Å². The molecule has 3 nitrogen and oxygen atoms in total. The molecule has 94 valence electrons. The highest BCUT2D eigenvalue weighted by Crippen LogP contribution is 2.00. The van der Waals surface area contributed by atoms with E-state index in [9.17, 15) is 4.79 Å². The minimum absolute atomic E-state index is 0.283. The van der Waals surface area contributed by atoms with E-state index in [2.05, 4.69) is 25.7 Å². The van der Waals surface area contributed by atoms with E-state index in [-0.39, 0.29) is 12.0 Å². The first-order valence-corrected chi connectivity index (χ1v) is 6.27. The molecule has 0 aliphatic rings. The molecule has 1 unspecified atom stereocenters. The lowest BCUT2D eigenvalue weighted by atomic mass is 10.1. The lowest BCUT2D eigenvalue weighted by Gasteiger charge is -2.17. The van der Waals surface area contributed by atoms with E-state index in [4.69, 9.17) is 4.74 Å². The van der Waals surface area contributed by atoms with Gasteiger partial charge in [-0.15, -0.1) is 0 Å². The summed E-state index contributed by atoms with van der Waals surface area (Å²) in [6.07, 6.45) is 7.00. The zero-order chi connectivity index (χ0) is 12.2. The molecule has 1 N–H and O–H groups in total. The van der Waals surface area contributed by atoms with E-state index < -0.39 is 0 Å². The predicted molar refractivity (Wildman–Crippen MR) is 67.4 cm³/mol. The number of hydrogen-bond acceptors (Lipinski definition) is 3. The molecule has 0 saturated carbocycles. The Morgan fingerprint density at radius 1 is 1.38 bits per heavy atom. The summed E-state index contributed by atoms with van der Waals surface area (Å²) in [5.41, 5.74) is 0. The number of rotatable bonds is 10. The normalized spacial score (nSPS) is 12.1. The van der Waals surface area contributed by atoms with Crippen LogP contribution >= 0.6 is 0 Å². The fraction of sp³-hybridized carbons (Fsp3) is 0.769. The maximum atomic E-state index is 10.9. The van der Waals surface area contributed by atoms with Gasteiger partial charge in [0.15, 0.2) is 0 Å². The minimum Gasteiger partial charge on any atom is -0.461 e. The van der Waals surface area contributed by atoms with E-state index in [1.54, 1.807) is 0 Å². The fourth-order valence-corrected chi connectivity index (χ4v) is 1.52. The van der Waals surface area contributed by atoms with Crippen molar-refractivity contribution in [2.24, 2.45) is 0 Å². The van der Waals surface area contributed by atoms with Gasteiger partial charge in [0, 0.05) is 12.1 Å². The summed E-state index contributed by atoms with van der Waals surface area (Å²) in [6.45, 7) is 9.15. The Kier molecular flexibility index (Phi) is 10.1. The first-order valence-electron chi connectivity index (χ1n) is 6.27. The van der Waals surface area contributed by atoms with Crippen LogP contribution in [0.15, 0.2) is 12.7 Å². The molecule has 0 spiro atoms. The number of ether oxygens (including phenoxy) is 1. The Morgan fingerprint density at radius 3 is 2.69 bits per heavy atom. The summed E-state index contributed by atoms with van der Waals surface area (Å²) in [5, 5.41) is 3.42. The van der Waals surface area contributed by atoms with Crippen LogP contribution in [-0.2, 0) is 9.53 Å². The summed E-state index contributed by atoms with van der Waals surface area (Å²) < 4.78 is 5.04. The van der Waals surface area contributed by atoms with Gasteiger partial charge in [0.1, 0.15) is 6.61 Å². The fourth-order valence-electron chi connectivity index (χ4n) is 1.52. The van der Waals surface area contributed by atoms with Crippen LogP contribution in [0.3, 0.4) is 0 Å². The molecule has 0 aromatic carbocycles. The molecule has 0 bridgehead atoms. The molecular formula is C13H25NO2. The summed E-state index contributed by atoms with van der Waals surface area (Å²) >= 11 is 0. The van der Waals surface area contributed by atoms with Crippen LogP contribution in [0.2, 0.25) is 0 Å². The van der Waals surface area contributed by atoms with Crippen LogP contribution in [0.5, 0.6) is 0 Å². The van der Waals surface area contributed by atoms with Gasteiger partial charge in [-0.25, -0.2) is 4.79 Å². The van der Waals surface area contributed by atoms with Crippen LogP contribution in [-0.4, -0.2) is 25.2 Å². The molecule has 1 atom stereocenters. The smallest absolute Gasteiger partial charge is 0.330 e. The van der Waals surface area contributed by atoms with Crippen LogP contribution in [0.25, 0.3) is 0 Å². The topological polar surface area (TPSA) is 38.3 Å². The maximum absolute atomic E-state index is 10.9. The quantitative estimate of drug-likeness (QED) is 0.354. The highest BCUT2D eigenvalue weighted by molar-refractivity contribution is 5.81. The third kappa shape index (κ3) is 8.48.